The lowest BCUT2D eigenvalue weighted by Gasteiger charge is -2.26. The highest BCUT2D eigenvalue weighted by molar-refractivity contribution is 5.77. The van der Waals surface area contributed by atoms with Crippen molar-refractivity contribution in [3.05, 3.63) is 29.6 Å². The van der Waals surface area contributed by atoms with Gasteiger partial charge in [-0.15, -0.1) is 0 Å². The van der Waals surface area contributed by atoms with Gasteiger partial charge in [-0.2, -0.15) is 0 Å². The number of benzene rings is 1. The molecule has 0 radical (unpaired) electrons. The van der Waals surface area contributed by atoms with Gasteiger partial charge in [0.25, 0.3) is 5.91 Å². The fraction of sp³-hybridized carbons (Fsp3) is 0.462. The van der Waals surface area contributed by atoms with Crippen molar-refractivity contribution in [2.75, 3.05) is 32.9 Å². The average molecular weight is 253 g/mol. The highest BCUT2D eigenvalue weighted by Crippen LogP contribution is 2.15. The van der Waals surface area contributed by atoms with E-state index in [1.54, 1.807) is 24.0 Å². The number of hydrogen-bond acceptors (Lipinski definition) is 3. The summed E-state index contributed by atoms with van der Waals surface area (Å²) >= 11 is 0. The van der Waals surface area contributed by atoms with E-state index < -0.39 is 0 Å². The fourth-order valence-electron chi connectivity index (χ4n) is 1.71. The monoisotopic (exact) mass is 253 g/mol. The van der Waals surface area contributed by atoms with Gasteiger partial charge in [-0.05, 0) is 18.6 Å². The predicted molar refractivity (Wildman–Crippen MR) is 64.0 cm³/mol. The van der Waals surface area contributed by atoms with Crippen LogP contribution >= 0.6 is 0 Å². The molecule has 1 amide bonds. The molecule has 1 saturated heterocycles. The molecule has 1 aromatic rings. The number of rotatable bonds is 3. The molecule has 2 rings (SSSR count). The molecule has 1 heterocycles. The van der Waals surface area contributed by atoms with Gasteiger partial charge in [0, 0.05) is 19.2 Å². The first kappa shape index (κ1) is 12.8. The first-order chi connectivity index (χ1) is 8.66. The van der Waals surface area contributed by atoms with Crippen molar-refractivity contribution in [3.8, 4) is 5.75 Å². The van der Waals surface area contributed by atoms with Gasteiger partial charge in [0.2, 0.25) is 0 Å². The zero-order valence-corrected chi connectivity index (χ0v) is 10.3. The second-order valence-electron chi connectivity index (χ2n) is 4.19. The van der Waals surface area contributed by atoms with Gasteiger partial charge in [0.05, 0.1) is 13.2 Å². The lowest BCUT2D eigenvalue weighted by Crippen LogP contribution is -2.42. The summed E-state index contributed by atoms with van der Waals surface area (Å²) in [7, 11) is 0. The van der Waals surface area contributed by atoms with Crippen LogP contribution in [0.25, 0.3) is 0 Å². The molecular weight excluding hydrogens is 237 g/mol. The Labute approximate surface area is 105 Å². The summed E-state index contributed by atoms with van der Waals surface area (Å²) in [5.41, 5.74) is 0.557. The van der Waals surface area contributed by atoms with Crippen molar-refractivity contribution >= 4 is 5.91 Å². The smallest absolute Gasteiger partial charge is 0.260 e. The third-order valence-corrected chi connectivity index (χ3v) is 2.87. The number of ether oxygens (including phenoxy) is 2. The number of nitrogens with zero attached hydrogens (tertiary/aromatic N) is 1. The van der Waals surface area contributed by atoms with E-state index in [0.717, 1.165) is 0 Å². The summed E-state index contributed by atoms with van der Waals surface area (Å²) in [5, 5.41) is 0. The van der Waals surface area contributed by atoms with Crippen LogP contribution in [0.2, 0.25) is 0 Å². The van der Waals surface area contributed by atoms with Crippen LogP contribution in [0.5, 0.6) is 5.75 Å². The zero-order chi connectivity index (χ0) is 13.0. The van der Waals surface area contributed by atoms with E-state index in [1.807, 2.05) is 0 Å². The van der Waals surface area contributed by atoms with Gasteiger partial charge in [0.15, 0.2) is 6.61 Å². The van der Waals surface area contributed by atoms with Crippen LogP contribution in [0.4, 0.5) is 4.39 Å². The van der Waals surface area contributed by atoms with Crippen molar-refractivity contribution in [1.29, 1.82) is 0 Å². The molecule has 0 aromatic heterocycles. The first-order valence-corrected chi connectivity index (χ1v) is 5.91. The Hall–Kier alpha value is -1.62. The van der Waals surface area contributed by atoms with Gasteiger partial charge >= 0.3 is 0 Å². The summed E-state index contributed by atoms with van der Waals surface area (Å²) in [6, 6.07) is 4.58. The van der Waals surface area contributed by atoms with E-state index in [-0.39, 0.29) is 18.3 Å². The number of hydrogen-bond donors (Lipinski definition) is 0. The Morgan fingerprint density at radius 1 is 1.44 bits per heavy atom. The van der Waals surface area contributed by atoms with Crippen LogP contribution in [0, 0.1) is 12.7 Å². The maximum absolute atomic E-state index is 13.3. The van der Waals surface area contributed by atoms with Crippen molar-refractivity contribution in [1.82, 2.24) is 4.90 Å². The molecule has 0 unspecified atom stereocenters. The molecule has 5 heteroatoms. The van der Waals surface area contributed by atoms with E-state index in [9.17, 15) is 9.18 Å². The predicted octanol–water partition coefficient (Wildman–Crippen LogP) is 1.37. The maximum Gasteiger partial charge on any atom is 0.260 e. The SMILES string of the molecule is Cc1ccc(OCC(=O)N2CCOCC2)cc1F. The van der Waals surface area contributed by atoms with Crippen molar-refractivity contribution in [2.24, 2.45) is 0 Å². The molecule has 0 spiro atoms. The minimum absolute atomic E-state index is 0.0670. The second-order valence-corrected chi connectivity index (χ2v) is 4.19. The van der Waals surface area contributed by atoms with Gasteiger partial charge < -0.3 is 14.4 Å². The number of carbonyl (C=O) groups is 1. The normalized spacial score (nSPS) is 15.6. The number of morpholine rings is 1. The van der Waals surface area contributed by atoms with E-state index in [2.05, 4.69) is 0 Å². The molecule has 0 N–H and O–H groups in total. The summed E-state index contributed by atoms with van der Waals surface area (Å²) in [4.78, 5) is 13.5. The first-order valence-electron chi connectivity index (χ1n) is 5.91. The van der Waals surface area contributed by atoms with Crippen molar-refractivity contribution in [3.63, 3.8) is 0 Å². The zero-order valence-electron chi connectivity index (χ0n) is 10.3. The third kappa shape index (κ3) is 3.20. The maximum atomic E-state index is 13.3. The van der Waals surface area contributed by atoms with Crippen molar-refractivity contribution in [2.45, 2.75) is 6.92 Å². The molecule has 98 valence electrons. The van der Waals surface area contributed by atoms with E-state index in [0.29, 0.717) is 37.6 Å². The third-order valence-electron chi connectivity index (χ3n) is 2.87. The minimum atomic E-state index is -0.327. The lowest BCUT2D eigenvalue weighted by molar-refractivity contribution is -0.137. The Balaban J connectivity index is 1.86. The Bertz CT molecular complexity index is 430. The average Bonchev–Trinajstić information content (AvgIpc) is 2.41. The molecule has 0 bridgehead atoms. The largest absolute Gasteiger partial charge is 0.484 e. The molecule has 1 aliphatic rings. The number of aryl methyl sites for hydroxylation is 1. The summed E-state index contributed by atoms with van der Waals surface area (Å²) in [6.07, 6.45) is 0. The number of carbonyl (C=O) groups excluding carboxylic acids is 1. The van der Waals surface area contributed by atoms with E-state index in [4.69, 9.17) is 9.47 Å². The Kier molecular flexibility index (Phi) is 4.15. The van der Waals surface area contributed by atoms with Gasteiger partial charge in [-0.3, -0.25) is 4.79 Å². The van der Waals surface area contributed by atoms with Crippen LogP contribution in [0.3, 0.4) is 0 Å². The molecule has 18 heavy (non-hydrogen) atoms. The van der Waals surface area contributed by atoms with E-state index in [1.165, 1.54) is 6.07 Å². The molecule has 0 atom stereocenters. The molecule has 0 aliphatic carbocycles. The summed E-state index contributed by atoms with van der Waals surface area (Å²) in [5.74, 6) is -0.0506. The van der Waals surface area contributed by atoms with Crippen LogP contribution in [0.1, 0.15) is 5.56 Å². The minimum Gasteiger partial charge on any atom is -0.484 e. The Morgan fingerprint density at radius 3 is 2.83 bits per heavy atom. The summed E-state index contributed by atoms with van der Waals surface area (Å²) in [6.45, 7) is 3.91. The second kappa shape index (κ2) is 5.82. The Morgan fingerprint density at radius 2 is 2.17 bits per heavy atom. The highest BCUT2D eigenvalue weighted by Gasteiger charge is 2.17. The highest BCUT2D eigenvalue weighted by atomic mass is 19.1. The van der Waals surface area contributed by atoms with Gasteiger partial charge in [0.1, 0.15) is 11.6 Å². The van der Waals surface area contributed by atoms with Gasteiger partial charge in [-0.1, -0.05) is 6.07 Å². The quantitative estimate of drug-likeness (QED) is 0.816. The van der Waals surface area contributed by atoms with Crippen LogP contribution in [-0.4, -0.2) is 43.7 Å². The molecule has 0 saturated carbocycles. The van der Waals surface area contributed by atoms with Crippen LogP contribution in [-0.2, 0) is 9.53 Å². The lowest BCUT2D eigenvalue weighted by atomic mass is 10.2. The molecule has 1 aromatic carbocycles. The van der Waals surface area contributed by atoms with Crippen LogP contribution < -0.4 is 4.74 Å². The standard InChI is InChI=1S/C13H16FNO3/c1-10-2-3-11(8-12(10)14)18-9-13(16)15-4-6-17-7-5-15/h2-3,8H,4-7,9H2,1H3. The molecular formula is C13H16FNO3. The summed E-state index contributed by atoms with van der Waals surface area (Å²) < 4.78 is 23.7. The van der Waals surface area contributed by atoms with Gasteiger partial charge in [-0.25, -0.2) is 4.39 Å². The molecule has 4 nitrogen and oxygen atoms in total. The molecule has 1 fully saturated rings. The van der Waals surface area contributed by atoms with Crippen LogP contribution in [0.15, 0.2) is 18.2 Å². The topological polar surface area (TPSA) is 38.8 Å². The fourth-order valence-corrected chi connectivity index (χ4v) is 1.71. The number of halogens is 1. The van der Waals surface area contributed by atoms with E-state index >= 15 is 0 Å². The number of amides is 1. The molecule has 1 aliphatic heterocycles. The van der Waals surface area contributed by atoms with Crippen molar-refractivity contribution < 1.29 is 18.7 Å².